The summed E-state index contributed by atoms with van der Waals surface area (Å²) in [4.78, 5) is 14.4. The van der Waals surface area contributed by atoms with Gasteiger partial charge < -0.3 is 10.2 Å². The molecule has 0 bridgehead atoms. The number of halogens is 2. The molecule has 1 fully saturated rings. The fourth-order valence-corrected chi connectivity index (χ4v) is 2.89. The summed E-state index contributed by atoms with van der Waals surface area (Å²) >= 11 is 6.77. The molecule has 0 aliphatic carbocycles. The minimum absolute atomic E-state index is 0.0256. The van der Waals surface area contributed by atoms with Crippen LogP contribution in [0.25, 0.3) is 0 Å². The zero-order valence-corrected chi connectivity index (χ0v) is 13.3. The quantitative estimate of drug-likeness (QED) is 0.877. The van der Waals surface area contributed by atoms with Gasteiger partial charge in [-0.2, -0.15) is 0 Å². The summed E-state index contributed by atoms with van der Waals surface area (Å²) in [5.74, 6) is -0.0256. The molecule has 3 nitrogen and oxygen atoms in total. The maximum atomic E-state index is 12.0. The van der Waals surface area contributed by atoms with Gasteiger partial charge in [0.15, 0.2) is 0 Å². The van der Waals surface area contributed by atoms with Crippen molar-refractivity contribution in [3.8, 4) is 0 Å². The smallest absolute Gasteiger partial charge is 0.252 e. The molecule has 1 amide bonds. The Morgan fingerprint density at radius 3 is 2.72 bits per heavy atom. The molecule has 1 aliphatic rings. The van der Waals surface area contributed by atoms with Gasteiger partial charge in [-0.25, -0.2) is 0 Å². The Hall–Kier alpha value is -0.390. The fourth-order valence-electron chi connectivity index (χ4n) is 2.10. The minimum atomic E-state index is -0.0256. The van der Waals surface area contributed by atoms with Gasteiger partial charge in [0.1, 0.15) is 0 Å². The van der Waals surface area contributed by atoms with Gasteiger partial charge in [-0.3, -0.25) is 4.79 Å². The lowest BCUT2D eigenvalue weighted by Crippen LogP contribution is -2.33. The first-order chi connectivity index (χ1) is 8.66. The molecule has 0 atom stereocenters. The average molecular weight is 376 g/mol. The highest BCUT2D eigenvalue weighted by atomic mass is 79.9. The van der Waals surface area contributed by atoms with Gasteiger partial charge in [-0.05, 0) is 60.1 Å². The number of nitrogens with zero attached hydrogens (tertiary/aromatic N) is 1. The van der Waals surface area contributed by atoms with Gasteiger partial charge in [-0.15, -0.1) is 0 Å². The van der Waals surface area contributed by atoms with E-state index in [0.717, 1.165) is 28.6 Å². The lowest BCUT2D eigenvalue weighted by Gasteiger charge is -2.15. The molecule has 1 heterocycles. The number of hydrogen-bond donors (Lipinski definition) is 1. The van der Waals surface area contributed by atoms with Crippen molar-refractivity contribution < 1.29 is 4.79 Å². The molecular weight excluding hydrogens is 360 g/mol. The van der Waals surface area contributed by atoms with E-state index in [9.17, 15) is 4.79 Å². The predicted molar refractivity (Wildman–Crippen MR) is 79.8 cm³/mol. The number of amides is 1. The average Bonchev–Trinajstić information content (AvgIpc) is 2.85. The highest BCUT2D eigenvalue weighted by molar-refractivity contribution is 9.11. The van der Waals surface area contributed by atoms with Crippen LogP contribution in [0.5, 0.6) is 0 Å². The zero-order chi connectivity index (χ0) is 13.0. The SMILES string of the molecule is O=C(NCCN1CCCC1)c1cc(Br)ccc1Br. The van der Waals surface area contributed by atoms with Gasteiger partial charge >= 0.3 is 0 Å². The second-order valence-electron chi connectivity index (χ2n) is 4.43. The van der Waals surface area contributed by atoms with E-state index in [4.69, 9.17) is 0 Å². The van der Waals surface area contributed by atoms with Gasteiger partial charge in [0.25, 0.3) is 5.91 Å². The molecule has 98 valence electrons. The van der Waals surface area contributed by atoms with Crippen LogP contribution in [0.1, 0.15) is 23.2 Å². The Kier molecular flexibility index (Phi) is 5.21. The highest BCUT2D eigenvalue weighted by Gasteiger charge is 2.13. The van der Waals surface area contributed by atoms with Crippen LogP contribution >= 0.6 is 31.9 Å². The first-order valence-corrected chi connectivity index (χ1v) is 7.71. The Morgan fingerprint density at radius 1 is 1.28 bits per heavy atom. The second-order valence-corrected chi connectivity index (χ2v) is 6.20. The summed E-state index contributed by atoms with van der Waals surface area (Å²) in [7, 11) is 0. The molecule has 1 aliphatic heterocycles. The summed E-state index contributed by atoms with van der Waals surface area (Å²) in [5.41, 5.74) is 0.672. The van der Waals surface area contributed by atoms with Crippen molar-refractivity contribution in [1.29, 1.82) is 0 Å². The minimum Gasteiger partial charge on any atom is -0.351 e. The van der Waals surface area contributed by atoms with Crippen molar-refractivity contribution in [2.45, 2.75) is 12.8 Å². The van der Waals surface area contributed by atoms with Crippen molar-refractivity contribution in [3.63, 3.8) is 0 Å². The largest absolute Gasteiger partial charge is 0.351 e. The van der Waals surface area contributed by atoms with Crippen molar-refractivity contribution in [2.75, 3.05) is 26.2 Å². The van der Waals surface area contributed by atoms with E-state index >= 15 is 0 Å². The Balaban J connectivity index is 1.85. The molecule has 5 heteroatoms. The summed E-state index contributed by atoms with van der Waals surface area (Å²) < 4.78 is 1.74. The first-order valence-electron chi connectivity index (χ1n) is 6.12. The molecule has 1 saturated heterocycles. The van der Waals surface area contributed by atoms with Crippen molar-refractivity contribution in [2.24, 2.45) is 0 Å². The number of carbonyl (C=O) groups is 1. The molecule has 1 aromatic rings. The Labute approximate surface area is 124 Å². The third-order valence-electron chi connectivity index (χ3n) is 3.09. The van der Waals surface area contributed by atoms with Crippen LogP contribution in [0.2, 0.25) is 0 Å². The van der Waals surface area contributed by atoms with E-state index in [0.29, 0.717) is 12.1 Å². The van der Waals surface area contributed by atoms with Crippen molar-refractivity contribution in [3.05, 3.63) is 32.7 Å². The van der Waals surface area contributed by atoms with Gasteiger partial charge in [0, 0.05) is 22.0 Å². The molecule has 0 radical (unpaired) electrons. The maximum absolute atomic E-state index is 12.0. The van der Waals surface area contributed by atoms with Crippen LogP contribution < -0.4 is 5.32 Å². The molecule has 2 rings (SSSR count). The number of rotatable bonds is 4. The second kappa shape index (κ2) is 6.68. The molecule has 0 saturated carbocycles. The Morgan fingerprint density at radius 2 is 2.00 bits per heavy atom. The molecule has 1 aromatic carbocycles. The highest BCUT2D eigenvalue weighted by Crippen LogP contribution is 2.21. The topological polar surface area (TPSA) is 32.3 Å². The third-order valence-corrected chi connectivity index (χ3v) is 4.27. The van der Waals surface area contributed by atoms with Crippen molar-refractivity contribution >= 4 is 37.8 Å². The molecular formula is C13H16Br2N2O. The molecule has 1 N–H and O–H groups in total. The maximum Gasteiger partial charge on any atom is 0.252 e. The number of hydrogen-bond acceptors (Lipinski definition) is 2. The summed E-state index contributed by atoms with van der Waals surface area (Å²) in [6.07, 6.45) is 2.57. The van der Waals surface area contributed by atoms with Crippen LogP contribution in [-0.4, -0.2) is 37.0 Å². The van der Waals surface area contributed by atoms with Crippen LogP contribution in [-0.2, 0) is 0 Å². The van der Waals surface area contributed by atoms with E-state index in [2.05, 4.69) is 42.1 Å². The molecule has 18 heavy (non-hydrogen) atoms. The van der Waals surface area contributed by atoms with E-state index < -0.39 is 0 Å². The number of nitrogens with one attached hydrogen (secondary N) is 1. The van der Waals surface area contributed by atoms with E-state index in [1.807, 2.05) is 18.2 Å². The van der Waals surface area contributed by atoms with Crippen LogP contribution in [0.4, 0.5) is 0 Å². The van der Waals surface area contributed by atoms with Crippen LogP contribution in [0.3, 0.4) is 0 Å². The first kappa shape index (κ1) is 14.0. The van der Waals surface area contributed by atoms with Crippen LogP contribution in [0.15, 0.2) is 27.1 Å². The number of carbonyl (C=O) groups excluding carboxylic acids is 1. The zero-order valence-electron chi connectivity index (χ0n) is 10.1. The lowest BCUT2D eigenvalue weighted by atomic mass is 10.2. The lowest BCUT2D eigenvalue weighted by molar-refractivity contribution is 0.0949. The van der Waals surface area contributed by atoms with Gasteiger partial charge in [0.05, 0.1) is 5.56 Å². The molecule has 0 aromatic heterocycles. The Bertz CT molecular complexity index is 431. The molecule has 0 spiro atoms. The molecule has 0 unspecified atom stereocenters. The van der Waals surface area contributed by atoms with E-state index in [1.165, 1.54) is 12.8 Å². The normalized spacial score (nSPS) is 15.9. The van der Waals surface area contributed by atoms with Crippen LogP contribution in [0, 0.1) is 0 Å². The van der Waals surface area contributed by atoms with E-state index in [-0.39, 0.29) is 5.91 Å². The van der Waals surface area contributed by atoms with Gasteiger partial charge in [-0.1, -0.05) is 15.9 Å². The standard InChI is InChI=1S/C13H16Br2N2O/c14-10-3-4-12(15)11(9-10)13(18)16-5-8-17-6-1-2-7-17/h3-4,9H,1-2,5-8H2,(H,16,18). The third kappa shape index (κ3) is 3.80. The summed E-state index contributed by atoms with van der Waals surface area (Å²) in [6.45, 7) is 3.97. The fraction of sp³-hybridized carbons (Fsp3) is 0.462. The van der Waals surface area contributed by atoms with E-state index in [1.54, 1.807) is 0 Å². The van der Waals surface area contributed by atoms with Crippen molar-refractivity contribution in [1.82, 2.24) is 10.2 Å². The van der Waals surface area contributed by atoms with Gasteiger partial charge in [0.2, 0.25) is 0 Å². The monoisotopic (exact) mass is 374 g/mol. The predicted octanol–water partition coefficient (Wildman–Crippen LogP) is 3.04. The summed E-state index contributed by atoms with van der Waals surface area (Å²) in [5, 5.41) is 2.96. The number of benzene rings is 1. The summed E-state index contributed by atoms with van der Waals surface area (Å²) in [6, 6.07) is 5.61. The number of likely N-dealkylation sites (tertiary alicyclic amines) is 1.